The summed E-state index contributed by atoms with van der Waals surface area (Å²) in [7, 11) is 0. The highest BCUT2D eigenvalue weighted by atomic mass is 15.1. The summed E-state index contributed by atoms with van der Waals surface area (Å²) in [5.74, 6) is 3.27. The van der Waals surface area contributed by atoms with Crippen molar-refractivity contribution in [1.29, 1.82) is 0 Å². The highest BCUT2D eigenvalue weighted by Crippen LogP contribution is 2.55. The smallest absolute Gasteiger partial charge is 0.0540 e. The molecule has 10 rings (SSSR count). The minimum absolute atomic E-state index is 0.141. The molecule has 0 aliphatic heterocycles. The summed E-state index contributed by atoms with van der Waals surface area (Å²) in [6, 6.07) is 49.1. The molecule has 0 N–H and O–H groups in total. The lowest BCUT2D eigenvalue weighted by Gasteiger charge is -2.30. The number of fused-ring (bicyclic) bond motifs is 6. The molecule has 2 bridgehead atoms. The van der Waals surface area contributed by atoms with Gasteiger partial charge in [-0.1, -0.05) is 137 Å². The third-order valence-electron chi connectivity index (χ3n) is 13.5. The molecule has 1 nitrogen and oxygen atoms in total. The molecule has 3 unspecified atom stereocenters. The van der Waals surface area contributed by atoms with Gasteiger partial charge in [-0.15, -0.1) is 0 Å². The van der Waals surface area contributed by atoms with Crippen molar-refractivity contribution < 1.29 is 0 Å². The van der Waals surface area contributed by atoms with E-state index in [1.54, 1.807) is 5.56 Å². The summed E-state index contributed by atoms with van der Waals surface area (Å²) in [4.78, 5) is 2.55. The molecule has 0 saturated heterocycles. The lowest BCUT2D eigenvalue weighted by molar-refractivity contribution is 0.420. The molecule has 0 aromatic heterocycles. The molecule has 3 saturated carbocycles. The summed E-state index contributed by atoms with van der Waals surface area (Å²) in [5.41, 5.74) is 14.8. The van der Waals surface area contributed by atoms with E-state index < -0.39 is 0 Å². The van der Waals surface area contributed by atoms with Crippen LogP contribution in [-0.2, 0) is 5.41 Å². The first-order valence-corrected chi connectivity index (χ1v) is 19.8. The number of hydrogen-bond donors (Lipinski definition) is 0. The van der Waals surface area contributed by atoms with E-state index in [0.29, 0.717) is 5.92 Å². The van der Waals surface area contributed by atoms with E-state index in [2.05, 4.69) is 146 Å². The lowest BCUT2D eigenvalue weighted by Crippen LogP contribution is -2.17. The number of anilines is 3. The maximum absolute atomic E-state index is 2.55. The van der Waals surface area contributed by atoms with Crippen LogP contribution in [0.4, 0.5) is 17.1 Å². The summed E-state index contributed by atoms with van der Waals surface area (Å²) in [6.45, 7) is 4.85. The molecule has 1 heteroatoms. The van der Waals surface area contributed by atoms with E-state index in [-0.39, 0.29) is 5.41 Å². The van der Waals surface area contributed by atoms with Gasteiger partial charge in [-0.05, 0) is 136 Å². The van der Waals surface area contributed by atoms with Crippen molar-refractivity contribution >= 4 is 27.8 Å². The van der Waals surface area contributed by atoms with Crippen LogP contribution in [0.25, 0.3) is 33.0 Å². The van der Waals surface area contributed by atoms with E-state index in [4.69, 9.17) is 0 Å². The van der Waals surface area contributed by atoms with Gasteiger partial charge in [-0.2, -0.15) is 0 Å². The van der Waals surface area contributed by atoms with Crippen LogP contribution in [-0.4, -0.2) is 0 Å². The van der Waals surface area contributed by atoms with E-state index >= 15 is 0 Å². The molecule has 51 heavy (non-hydrogen) atoms. The van der Waals surface area contributed by atoms with Crippen molar-refractivity contribution in [3.63, 3.8) is 0 Å². The molecule has 0 heterocycles. The minimum Gasteiger partial charge on any atom is -0.310 e. The first-order chi connectivity index (χ1) is 25.0. The van der Waals surface area contributed by atoms with E-state index in [9.17, 15) is 0 Å². The standard InChI is InChI=1S/C50H49N/c1-50(2)47-32-41(26-28-44(47)45-17-10-16-43(49(45)50)35-13-7-4-8-14-35)51(40-24-21-36(22-25-40)46-30-33-19-20-39(46)29-33)48-18-9-15-38-31-37(23-27-42(38)48)34-11-5-3-6-12-34/h4,7-10,13-18,21-28,31-34,39,46H,3,5-6,11-12,19-20,29-30H2,1-2H3. The number of hydrogen-bond acceptors (Lipinski definition) is 1. The Morgan fingerprint density at radius 2 is 1.33 bits per heavy atom. The molecule has 6 aromatic carbocycles. The van der Waals surface area contributed by atoms with E-state index in [1.807, 2.05) is 0 Å². The average molecular weight is 664 g/mol. The molecule has 0 radical (unpaired) electrons. The Hall–Kier alpha value is -4.62. The monoisotopic (exact) mass is 663 g/mol. The van der Waals surface area contributed by atoms with Crippen molar-refractivity contribution in [3.8, 4) is 22.3 Å². The summed E-state index contributed by atoms with van der Waals surface area (Å²) >= 11 is 0. The molecule has 254 valence electrons. The first kappa shape index (κ1) is 31.1. The van der Waals surface area contributed by atoms with Gasteiger partial charge in [0.25, 0.3) is 0 Å². The van der Waals surface area contributed by atoms with Gasteiger partial charge in [0.1, 0.15) is 0 Å². The van der Waals surface area contributed by atoms with Crippen LogP contribution in [0, 0.1) is 11.8 Å². The summed E-state index contributed by atoms with van der Waals surface area (Å²) in [6.07, 6.45) is 12.4. The number of rotatable bonds is 6. The van der Waals surface area contributed by atoms with Crippen molar-refractivity contribution in [3.05, 3.63) is 150 Å². The van der Waals surface area contributed by atoms with Crippen LogP contribution < -0.4 is 4.90 Å². The Kier molecular flexibility index (Phi) is 7.49. The van der Waals surface area contributed by atoms with Gasteiger partial charge in [-0.3, -0.25) is 0 Å². The van der Waals surface area contributed by atoms with Crippen LogP contribution in [0.3, 0.4) is 0 Å². The van der Waals surface area contributed by atoms with Gasteiger partial charge in [0.15, 0.2) is 0 Å². The van der Waals surface area contributed by atoms with Crippen LogP contribution in [0.1, 0.15) is 106 Å². The Morgan fingerprint density at radius 3 is 2.12 bits per heavy atom. The predicted octanol–water partition coefficient (Wildman–Crippen LogP) is 14.2. The summed E-state index contributed by atoms with van der Waals surface area (Å²) in [5, 5.41) is 2.67. The van der Waals surface area contributed by atoms with Gasteiger partial charge < -0.3 is 4.90 Å². The molecule has 4 aliphatic carbocycles. The van der Waals surface area contributed by atoms with Gasteiger partial charge in [0.05, 0.1) is 5.69 Å². The zero-order valence-electron chi connectivity index (χ0n) is 30.2. The average Bonchev–Trinajstić information content (AvgIpc) is 3.89. The maximum atomic E-state index is 2.55. The molecular formula is C50H49N. The zero-order valence-corrected chi connectivity index (χ0v) is 30.2. The largest absolute Gasteiger partial charge is 0.310 e. The second kappa shape index (κ2) is 12.3. The fraction of sp³-hybridized carbons (Fsp3) is 0.320. The molecule has 3 fully saturated rings. The SMILES string of the molecule is CC1(C)c2cc(N(c3ccc(C4CC5CCC4C5)cc3)c3cccc4cc(C5CCCCC5)ccc34)ccc2-c2cccc(-c3ccccc3)c21. The molecule has 3 atom stereocenters. The second-order valence-corrected chi connectivity index (χ2v) is 16.7. The zero-order chi connectivity index (χ0) is 34.1. The van der Waals surface area contributed by atoms with Gasteiger partial charge in [0.2, 0.25) is 0 Å². The van der Waals surface area contributed by atoms with Gasteiger partial charge in [-0.25, -0.2) is 0 Å². The second-order valence-electron chi connectivity index (χ2n) is 16.7. The molecule has 0 amide bonds. The van der Waals surface area contributed by atoms with Crippen molar-refractivity contribution in [2.75, 3.05) is 4.90 Å². The Labute approximate surface area is 304 Å². The van der Waals surface area contributed by atoms with Gasteiger partial charge in [0, 0.05) is 22.2 Å². The van der Waals surface area contributed by atoms with E-state index in [0.717, 1.165) is 17.8 Å². The van der Waals surface area contributed by atoms with Crippen LogP contribution in [0.5, 0.6) is 0 Å². The fourth-order valence-electron chi connectivity index (χ4n) is 11.0. The fourth-order valence-corrected chi connectivity index (χ4v) is 11.0. The number of nitrogens with zero attached hydrogens (tertiary/aromatic N) is 1. The summed E-state index contributed by atoms with van der Waals surface area (Å²) < 4.78 is 0. The van der Waals surface area contributed by atoms with E-state index in [1.165, 1.54) is 125 Å². The first-order valence-electron chi connectivity index (χ1n) is 19.8. The van der Waals surface area contributed by atoms with Crippen LogP contribution in [0.15, 0.2) is 127 Å². The molecular weight excluding hydrogens is 615 g/mol. The van der Waals surface area contributed by atoms with Crippen molar-refractivity contribution in [2.45, 2.75) is 88.9 Å². The lowest BCUT2D eigenvalue weighted by atomic mass is 9.78. The maximum Gasteiger partial charge on any atom is 0.0540 e. The normalized spacial score (nSPS) is 21.9. The van der Waals surface area contributed by atoms with Crippen LogP contribution in [0.2, 0.25) is 0 Å². The highest BCUT2D eigenvalue weighted by molar-refractivity contribution is 6.00. The van der Waals surface area contributed by atoms with Crippen LogP contribution >= 0.6 is 0 Å². The molecule has 0 spiro atoms. The van der Waals surface area contributed by atoms with Crippen molar-refractivity contribution in [2.24, 2.45) is 11.8 Å². The number of benzene rings is 6. The molecule has 6 aromatic rings. The Balaban J connectivity index is 1.10. The third kappa shape index (κ3) is 5.18. The minimum atomic E-state index is -0.141. The molecule has 4 aliphatic rings. The Morgan fingerprint density at radius 1 is 0.569 bits per heavy atom. The highest BCUT2D eigenvalue weighted by Gasteiger charge is 2.40. The Bertz CT molecular complexity index is 2240. The topological polar surface area (TPSA) is 3.24 Å². The quantitative estimate of drug-likeness (QED) is 0.171. The van der Waals surface area contributed by atoms with Crippen molar-refractivity contribution in [1.82, 2.24) is 0 Å². The van der Waals surface area contributed by atoms with Gasteiger partial charge >= 0.3 is 0 Å². The predicted molar refractivity (Wildman–Crippen MR) is 216 cm³/mol. The third-order valence-corrected chi connectivity index (χ3v) is 13.5.